The van der Waals surface area contributed by atoms with Crippen molar-refractivity contribution in [1.29, 1.82) is 0 Å². The molecule has 5 nitrogen and oxygen atoms in total. The van der Waals surface area contributed by atoms with E-state index in [0.29, 0.717) is 25.6 Å². The smallest absolute Gasteiger partial charge is 0.216 e. The fourth-order valence-electron chi connectivity index (χ4n) is 3.28. The molecule has 2 fully saturated rings. The number of fused-ring (bicyclic) bond motifs is 1. The van der Waals surface area contributed by atoms with Crippen LogP contribution in [0.3, 0.4) is 0 Å². The third-order valence-electron chi connectivity index (χ3n) is 4.68. The Balaban J connectivity index is 1.67. The SMILES string of the molecule is CCOCCS(=O)(=O)N1CC2CCC2(Oc2ccccc2)C1. The zero-order chi connectivity index (χ0) is 15.6. The van der Waals surface area contributed by atoms with Crippen LogP contribution in [0.25, 0.3) is 0 Å². The first-order valence-corrected chi connectivity index (χ1v) is 9.46. The van der Waals surface area contributed by atoms with Gasteiger partial charge in [-0.15, -0.1) is 0 Å². The number of nitrogens with zero attached hydrogens (tertiary/aromatic N) is 1. The molecule has 1 aromatic rings. The van der Waals surface area contributed by atoms with Gasteiger partial charge in [0.15, 0.2) is 0 Å². The third-order valence-corrected chi connectivity index (χ3v) is 6.42. The van der Waals surface area contributed by atoms with Crippen molar-refractivity contribution in [3.63, 3.8) is 0 Å². The second kappa shape index (κ2) is 6.18. The molecule has 0 N–H and O–H groups in total. The Kier molecular flexibility index (Phi) is 4.43. The Morgan fingerprint density at radius 2 is 2.09 bits per heavy atom. The number of benzene rings is 1. The van der Waals surface area contributed by atoms with Gasteiger partial charge in [-0.3, -0.25) is 0 Å². The molecule has 1 aliphatic carbocycles. The molecule has 0 aromatic heterocycles. The van der Waals surface area contributed by atoms with Crippen LogP contribution in [0.2, 0.25) is 0 Å². The average Bonchev–Trinajstić information content (AvgIpc) is 2.74. The molecule has 1 saturated carbocycles. The minimum absolute atomic E-state index is 0.0506. The molecule has 1 heterocycles. The molecule has 1 saturated heterocycles. The fraction of sp³-hybridized carbons (Fsp3) is 0.625. The van der Waals surface area contributed by atoms with Crippen molar-refractivity contribution in [3.05, 3.63) is 30.3 Å². The molecule has 0 amide bonds. The van der Waals surface area contributed by atoms with Crippen LogP contribution < -0.4 is 4.74 Å². The van der Waals surface area contributed by atoms with Crippen molar-refractivity contribution in [2.45, 2.75) is 25.4 Å². The van der Waals surface area contributed by atoms with E-state index >= 15 is 0 Å². The third kappa shape index (κ3) is 3.00. The highest BCUT2D eigenvalue weighted by molar-refractivity contribution is 7.89. The lowest BCUT2D eigenvalue weighted by Crippen LogP contribution is -2.52. The molecule has 1 aliphatic heterocycles. The van der Waals surface area contributed by atoms with Crippen LogP contribution in [0, 0.1) is 5.92 Å². The lowest BCUT2D eigenvalue weighted by atomic mass is 9.71. The second-order valence-corrected chi connectivity index (χ2v) is 8.11. The van der Waals surface area contributed by atoms with Crippen LogP contribution in [0.15, 0.2) is 30.3 Å². The number of rotatable bonds is 7. The maximum atomic E-state index is 12.4. The van der Waals surface area contributed by atoms with E-state index in [4.69, 9.17) is 9.47 Å². The minimum Gasteiger partial charge on any atom is -0.486 e. The molecule has 2 unspecified atom stereocenters. The summed E-state index contributed by atoms with van der Waals surface area (Å²) in [6, 6.07) is 9.67. The highest BCUT2D eigenvalue weighted by Gasteiger charge is 2.57. The van der Waals surface area contributed by atoms with Crippen molar-refractivity contribution in [2.75, 3.05) is 32.1 Å². The quantitative estimate of drug-likeness (QED) is 0.719. The van der Waals surface area contributed by atoms with Crippen LogP contribution in [0.4, 0.5) is 0 Å². The second-order valence-electron chi connectivity index (χ2n) is 6.02. The van der Waals surface area contributed by atoms with Crippen LogP contribution in [0.1, 0.15) is 19.8 Å². The van der Waals surface area contributed by atoms with Crippen LogP contribution in [0.5, 0.6) is 5.75 Å². The Bertz CT molecular complexity index is 604. The maximum Gasteiger partial charge on any atom is 0.216 e. The normalized spacial score (nSPS) is 28.1. The molecule has 1 aromatic carbocycles. The first-order chi connectivity index (χ1) is 10.6. The molecule has 122 valence electrons. The molecule has 3 rings (SSSR count). The van der Waals surface area contributed by atoms with E-state index in [9.17, 15) is 8.42 Å². The summed E-state index contributed by atoms with van der Waals surface area (Å²) in [6.45, 7) is 3.69. The van der Waals surface area contributed by atoms with Gasteiger partial charge in [-0.05, 0) is 31.9 Å². The van der Waals surface area contributed by atoms with Gasteiger partial charge >= 0.3 is 0 Å². The zero-order valence-electron chi connectivity index (χ0n) is 12.9. The molecular formula is C16H23NO4S. The van der Waals surface area contributed by atoms with Gasteiger partial charge in [0.05, 0.1) is 18.9 Å². The Hall–Kier alpha value is -1.11. The van der Waals surface area contributed by atoms with Gasteiger partial charge in [0.2, 0.25) is 10.0 Å². The summed E-state index contributed by atoms with van der Waals surface area (Å²) in [5, 5.41) is 0. The van der Waals surface area contributed by atoms with E-state index in [0.717, 1.165) is 18.6 Å². The highest BCUT2D eigenvalue weighted by Crippen LogP contribution is 2.48. The van der Waals surface area contributed by atoms with E-state index in [-0.39, 0.29) is 18.0 Å². The minimum atomic E-state index is -3.26. The van der Waals surface area contributed by atoms with Crippen LogP contribution >= 0.6 is 0 Å². The first-order valence-electron chi connectivity index (χ1n) is 7.85. The van der Waals surface area contributed by atoms with Gasteiger partial charge in [0, 0.05) is 19.1 Å². The monoisotopic (exact) mass is 325 g/mol. The van der Waals surface area contributed by atoms with E-state index in [1.807, 2.05) is 37.3 Å². The van der Waals surface area contributed by atoms with Crippen LogP contribution in [-0.4, -0.2) is 50.4 Å². The number of hydrogen-bond donors (Lipinski definition) is 0. The topological polar surface area (TPSA) is 55.8 Å². The zero-order valence-corrected chi connectivity index (χ0v) is 13.7. The van der Waals surface area contributed by atoms with Crippen LogP contribution in [-0.2, 0) is 14.8 Å². The van der Waals surface area contributed by atoms with Gasteiger partial charge < -0.3 is 9.47 Å². The molecule has 2 aliphatic rings. The summed E-state index contributed by atoms with van der Waals surface area (Å²) in [4.78, 5) is 0. The number of hydrogen-bond acceptors (Lipinski definition) is 4. The Labute approximate surface area is 132 Å². The van der Waals surface area contributed by atoms with Gasteiger partial charge in [-0.1, -0.05) is 18.2 Å². The summed E-state index contributed by atoms with van der Waals surface area (Å²) in [5.74, 6) is 1.17. The average molecular weight is 325 g/mol. The van der Waals surface area contributed by atoms with Crippen molar-refractivity contribution in [2.24, 2.45) is 5.92 Å². The molecular weight excluding hydrogens is 302 g/mol. The van der Waals surface area contributed by atoms with E-state index in [1.54, 1.807) is 4.31 Å². The summed E-state index contributed by atoms with van der Waals surface area (Å²) >= 11 is 0. The molecule has 0 radical (unpaired) electrons. The maximum absolute atomic E-state index is 12.4. The largest absolute Gasteiger partial charge is 0.486 e. The lowest BCUT2D eigenvalue weighted by Gasteiger charge is -2.43. The van der Waals surface area contributed by atoms with Crippen molar-refractivity contribution in [3.8, 4) is 5.75 Å². The molecule has 22 heavy (non-hydrogen) atoms. The van der Waals surface area contributed by atoms with Gasteiger partial charge in [-0.2, -0.15) is 4.31 Å². The van der Waals surface area contributed by atoms with Gasteiger partial charge in [0.25, 0.3) is 0 Å². The predicted octanol–water partition coefficient (Wildman–Crippen LogP) is 1.90. The van der Waals surface area contributed by atoms with Crippen molar-refractivity contribution < 1.29 is 17.9 Å². The van der Waals surface area contributed by atoms with Crippen molar-refractivity contribution in [1.82, 2.24) is 4.31 Å². The number of ether oxygens (including phenoxy) is 2. The van der Waals surface area contributed by atoms with E-state index in [2.05, 4.69) is 0 Å². The van der Waals surface area contributed by atoms with Gasteiger partial charge in [-0.25, -0.2) is 8.42 Å². The summed E-state index contributed by atoms with van der Waals surface area (Å²) in [5.41, 5.74) is -0.333. The Morgan fingerprint density at radius 1 is 1.32 bits per heavy atom. The summed E-state index contributed by atoms with van der Waals surface area (Å²) < 4.78 is 37.8. The standard InChI is InChI=1S/C16H23NO4S/c1-2-20-10-11-22(18,19)17-12-14-8-9-16(14,13-17)21-15-6-4-3-5-7-15/h3-7,14H,2,8-13H2,1H3. The van der Waals surface area contributed by atoms with Gasteiger partial charge in [0.1, 0.15) is 11.4 Å². The fourth-order valence-corrected chi connectivity index (χ4v) is 4.69. The lowest BCUT2D eigenvalue weighted by molar-refractivity contribution is -0.0337. The molecule has 0 bridgehead atoms. The number of para-hydroxylation sites is 1. The Morgan fingerprint density at radius 3 is 2.73 bits per heavy atom. The molecule has 6 heteroatoms. The number of sulfonamides is 1. The predicted molar refractivity (Wildman–Crippen MR) is 84.4 cm³/mol. The summed E-state index contributed by atoms with van der Waals surface area (Å²) in [7, 11) is -3.26. The molecule has 2 atom stereocenters. The molecule has 0 spiro atoms. The van der Waals surface area contributed by atoms with E-state index < -0.39 is 10.0 Å². The summed E-state index contributed by atoms with van der Waals surface area (Å²) in [6.07, 6.45) is 1.95. The van der Waals surface area contributed by atoms with E-state index in [1.165, 1.54) is 0 Å². The highest BCUT2D eigenvalue weighted by atomic mass is 32.2. The van der Waals surface area contributed by atoms with Crippen molar-refractivity contribution >= 4 is 10.0 Å². The first kappa shape index (κ1) is 15.8.